The molecule has 0 saturated heterocycles. The summed E-state index contributed by atoms with van der Waals surface area (Å²) in [5, 5.41) is 21.2. The van der Waals surface area contributed by atoms with Crippen molar-refractivity contribution in [3.63, 3.8) is 0 Å². The summed E-state index contributed by atoms with van der Waals surface area (Å²) in [7, 11) is 0. The molecule has 1 heterocycles. The van der Waals surface area contributed by atoms with Crippen LogP contribution in [0.4, 0.5) is 11.4 Å². The van der Waals surface area contributed by atoms with E-state index in [4.69, 9.17) is 0 Å². The first-order valence-electron chi connectivity index (χ1n) is 5.63. The van der Waals surface area contributed by atoms with Gasteiger partial charge in [-0.3, -0.25) is 14.9 Å². The lowest BCUT2D eigenvalue weighted by Gasteiger charge is -2.04. The molecule has 10 heteroatoms. The minimum Gasteiger partial charge on any atom is -0.320 e. The molecule has 0 unspecified atom stereocenters. The van der Waals surface area contributed by atoms with Crippen molar-refractivity contribution in [2.24, 2.45) is 0 Å². The number of amides is 1. The molecule has 0 aliphatic carbocycles. The van der Waals surface area contributed by atoms with Gasteiger partial charge in [-0.15, -0.1) is 10.2 Å². The molecule has 0 saturated carbocycles. The molecule has 0 radical (unpaired) electrons. The number of aromatic nitrogens is 2. The number of hydrogen-bond acceptors (Lipinski definition) is 8. The molecule has 1 aromatic heterocycles. The van der Waals surface area contributed by atoms with Crippen molar-refractivity contribution in [1.29, 1.82) is 0 Å². The normalized spacial score (nSPS) is 10.3. The van der Waals surface area contributed by atoms with Crippen LogP contribution in [0.2, 0.25) is 0 Å². The van der Waals surface area contributed by atoms with E-state index in [1.165, 1.54) is 47.0 Å². The molecule has 1 aromatic carbocycles. The SMILES string of the molecule is CSc1nnc(SCC(=O)Nc2ccccc2[N+](=O)[O-])s1. The number of nitrogens with zero attached hydrogens (tertiary/aromatic N) is 3. The molecular weight excluding hydrogens is 332 g/mol. The minimum atomic E-state index is -0.530. The molecule has 0 atom stereocenters. The Labute approximate surface area is 132 Å². The van der Waals surface area contributed by atoms with Crippen molar-refractivity contribution in [1.82, 2.24) is 10.2 Å². The van der Waals surface area contributed by atoms with Crippen LogP contribution in [0.25, 0.3) is 0 Å². The topological polar surface area (TPSA) is 98.0 Å². The van der Waals surface area contributed by atoms with E-state index in [9.17, 15) is 14.9 Å². The summed E-state index contributed by atoms with van der Waals surface area (Å²) in [4.78, 5) is 22.2. The first kappa shape index (κ1) is 15.7. The van der Waals surface area contributed by atoms with E-state index >= 15 is 0 Å². The zero-order chi connectivity index (χ0) is 15.2. The highest BCUT2D eigenvalue weighted by Crippen LogP contribution is 2.28. The van der Waals surface area contributed by atoms with Gasteiger partial charge in [0.2, 0.25) is 5.91 Å². The van der Waals surface area contributed by atoms with Gasteiger partial charge in [-0.2, -0.15) is 0 Å². The van der Waals surface area contributed by atoms with Gasteiger partial charge in [0.15, 0.2) is 8.68 Å². The monoisotopic (exact) mass is 342 g/mol. The van der Waals surface area contributed by atoms with Gasteiger partial charge in [-0.1, -0.05) is 47.0 Å². The fourth-order valence-corrected chi connectivity index (χ4v) is 3.63. The number of thioether (sulfide) groups is 2. The number of benzene rings is 1. The van der Waals surface area contributed by atoms with Gasteiger partial charge >= 0.3 is 0 Å². The highest BCUT2D eigenvalue weighted by Gasteiger charge is 2.15. The van der Waals surface area contributed by atoms with E-state index in [0.717, 1.165) is 4.34 Å². The zero-order valence-electron chi connectivity index (χ0n) is 10.8. The van der Waals surface area contributed by atoms with Crippen LogP contribution in [0.5, 0.6) is 0 Å². The van der Waals surface area contributed by atoms with E-state index in [0.29, 0.717) is 4.34 Å². The Morgan fingerprint density at radius 1 is 1.38 bits per heavy atom. The highest BCUT2D eigenvalue weighted by atomic mass is 32.2. The Morgan fingerprint density at radius 2 is 2.10 bits per heavy atom. The van der Waals surface area contributed by atoms with Crippen LogP contribution in [0.15, 0.2) is 32.9 Å². The largest absolute Gasteiger partial charge is 0.320 e. The van der Waals surface area contributed by atoms with E-state index in [2.05, 4.69) is 15.5 Å². The average molecular weight is 342 g/mol. The van der Waals surface area contributed by atoms with Crippen LogP contribution >= 0.6 is 34.9 Å². The second kappa shape index (κ2) is 7.38. The number of hydrogen-bond donors (Lipinski definition) is 1. The van der Waals surface area contributed by atoms with Crippen LogP contribution in [-0.4, -0.2) is 33.0 Å². The van der Waals surface area contributed by atoms with E-state index in [-0.39, 0.29) is 23.0 Å². The fourth-order valence-electron chi connectivity index (χ4n) is 1.39. The summed E-state index contributed by atoms with van der Waals surface area (Å²) in [6.07, 6.45) is 1.90. The predicted molar refractivity (Wildman–Crippen MR) is 84.1 cm³/mol. The number of nitrogens with one attached hydrogen (secondary N) is 1. The Kier molecular flexibility index (Phi) is 5.53. The number of anilines is 1. The van der Waals surface area contributed by atoms with Crippen LogP contribution in [0, 0.1) is 10.1 Å². The van der Waals surface area contributed by atoms with Crippen LogP contribution in [0.1, 0.15) is 0 Å². The molecule has 0 bridgehead atoms. The standard InChI is InChI=1S/C11H10N4O3S3/c1-19-10-13-14-11(21-10)20-6-9(16)12-7-4-2-3-5-8(7)15(17)18/h2-5H,6H2,1H3,(H,12,16). The van der Waals surface area contributed by atoms with Gasteiger partial charge in [0.05, 0.1) is 10.7 Å². The van der Waals surface area contributed by atoms with Crippen molar-refractivity contribution in [2.45, 2.75) is 8.68 Å². The lowest BCUT2D eigenvalue weighted by molar-refractivity contribution is -0.383. The second-order valence-electron chi connectivity index (χ2n) is 3.65. The number of nitro groups is 1. The molecule has 1 N–H and O–H groups in total. The Hall–Kier alpha value is -1.65. The summed E-state index contributed by atoms with van der Waals surface area (Å²) >= 11 is 4.14. The van der Waals surface area contributed by atoms with Crippen LogP contribution < -0.4 is 5.32 Å². The number of rotatable bonds is 6. The molecule has 21 heavy (non-hydrogen) atoms. The molecule has 0 aliphatic heterocycles. The lowest BCUT2D eigenvalue weighted by atomic mass is 10.2. The van der Waals surface area contributed by atoms with Gasteiger partial charge in [0.25, 0.3) is 5.69 Å². The number of nitro benzene ring substituents is 1. The summed E-state index contributed by atoms with van der Waals surface area (Å²) < 4.78 is 1.52. The Bertz CT molecular complexity index is 662. The predicted octanol–water partition coefficient (Wildman–Crippen LogP) is 2.90. The summed E-state index contributed by atoms with van der Waals surface area (Å²) in [6, 6.07) is 6.02. The van der Waals surface area contributed by atoms with Crippen LogP contribution in [-0.2, 0) is 4.79 Å². The quantitative estimate of drug-likeness (QED) is 0.489. The number of para-hydroxylation sites is 2. The van der Waals surface area contributed by atoms with Gasteiger partial charge in [-0.05, 0) is 12.3 Å². The maximum Gasteiger partial charge on any atom is 0.292 e. The first-order valence-corrected chi connectivity index (χ1v) is 8.66. The third kappa shape index (κ3) is 4.41. The zero-order valence-corrected chi connectivity index (χ0v) is 13.3. The smallest absolute Gasteiger partial charge is 0.292 e. The maximum atomic E-state index is 11.8. The molecule has 0 spiro atoms. The van der Waals surface area contributed by atoms with Gasteiger partial charge in [0, 0.05) is 6.07 Å². The van der Waals surface area contributed by atoms with Crippen molar-refractivity contribution in [3.05, 3.63) is 34.4 Å². The van der Waals surface area contributed by atoms with Crippen molar-refractivity contribution < 1.29 is 9.72 Å². The van der Waals surface area contributed by atoms with Gasteiger partial charge in [-0.25, -0.2) is 0 Å². The third-order valence-electron chi connectivity index (χ3n) is 2.26. The van der Waals surface area contributed by atoms with E-state index < -0.39 is 4.92 Å². The first-order chi connectivity index (χ1) is 10.1. The van der Waals surface area contributed by atoms with Gasteiger partial charge < -0.3 is 5.32 Å². The number of carbonyl (C=O) groups excluding carboxylic acids is 1. The molecule has 110 valence electrons. The van der Waals surface area contributed by atoms with Crippen molar-refractivity contribution in [2.75, 3.05) is 17.3 Å². The molecule has 2 aromatic rings. The Morgan fingerprint density at radius 3 is 2.76 bits per heavy atom. The summed E-state index contributed by atoms with van der Waals surface area (Å²) in [6.45, 7) is 0. The van der Waals surface area contributed by atoms with E-state index in [1.807, 2.05) is 6.26 Å². The van der Waals surface area contributed by atoms with Crippen molar-refractivity contribution in [3.8, 4) is 0 Å². The lowest BCUT2D eigenvalue weighted by Crippen LogP contribution is -2.15. The summed E-state index contributed by atoms with van der Waals surface area (Å²) in [5.41, 5.74) is 0.0617. The third-order valence-corrected chi connectivity index (χ3v) is 5.30. The molecule has 2 rings (SSSR count). The van der Waals surface area contributed by atoms with Crippen molar-refractivity contribution >= 4 is 52.1 Å². The minimum absolute atomic E-state index is 0.120. The fraction of sp³-hybridized carbons (Fsp3) is 0.182. The number of carbonyl (C=O) groups is 1. The molecule has 7 nitrogen and oxygen atoms in total. The summed E-state index contributed by atoms with van der Waals surface area (Å²) in [5.74, 6) is -0.204. The van der Waals surface area contributed by atoms with E-state index in [1.54, 1.807) is 12.1 Å². The van der Waals surface area contributed by atoms with Gasteiger partial charge in [0.1, 0.15) is 5.69 Å². The molecule has 1 amide bonds. The molecule has 0 fully saturated rings. The van der Waals surface area contributed by atoms with Crippen LogP contribution in [0.3, 0.4) is 0 Å². The molecular formula is C11H10N4O3S3. The average Bonchev–Trinajstić information content (AvgIpc) is 2.93. The highest BCUT2D eigenvalue weighted by molar-refractivity contribution is 8.03. The molecule has 0 aliphatic rings. The Balaban J connectivity index is 1.94. The maximum absolute atomic E-state index is 11.8. The second-order valence-corrected chi connectivity index (χ2v) is 6.90.